The van der Waals surface area contributed by atoms with Crippen LogP contribution in [-0.4, -0.2) is 38.8 Å². The Morgan fingerprint density at radius 2 is 1.81 bits per heavy atom. The van der Waals surface area contributed by atoms with Crippen molar-refractivity contribution in [2.24, 2.45) is 0 Å². The van der Waals surface area contributed by atoms with Crippen molar-refractivity contribution in [2.75, 3.05) is 13.1 Å². The summed E-state index contributed by atoms with van der Waals surface area (Å²) in [6.45, 7) is 5.54. The second-order valence-electron chi connectivity index (χ2n) is 5.96. The minimum absolute atomic E-state index is 0.0153. The number of carbonyl (C=O) groups excluding carboxylic acids is 1. The summed E-state index contributed by atoms with van der Waals surface area (Å²) >= 11 is 1.34. The number of carbonyl (C=O) groups is 1. The molecule has 0 aliphatic heterocycles. The van der Waals surface area contributed by atoms with Crippen LogP contribution in [0.2, 0.25) is 0 Å². The molecule has 2 aromatic heterocycles. The van der Waals surface area contributed by atoms with Gasteiger partial charge in [0.2, 0.25) is 0 Å². The van der Waals surface area contributed by atoms with Gasteiger partial charge in [-0.3, -0.25) is 4.79 Å². The van der Waals surface area contributed by atoms with Gasteiger partial charge in [0.15, 0.2) is 10.8 Å². The molecule has 0 spiro atoms. The van der Waals surface area contributed by atoms with Gasteiger partial charge in [0, 0.05) is 31.4 Å². The Kier molecular flexibility index (Phi) is 6.07. The Hall–Kier alpha value is -2.60. The van der Waals surface area contributed by atoms with E-state index in [1.807, 2.05) is 30.0 Å². The normalized spacial score (nSPS) is 11.9. The van der Waals surface area contributed by atoms with Crippen molar-refractivity contribution >= 4 is 17.2 Å². The minimum atomic E-state index is 0.0153. The molecule has 0 radical (unpaired) electrons. The van der Waals surface area contributed by atoms with Gasteiger partial charge in [-0.1, -0.05) is 37.3 Å². The van der Waals surface area contributed by atoms with E-state index in [2.05, 4.69) is 34.0 Å². The van der Waals surface area contributed by atoms with Crippen molar-refractivity contribution < 1.29 is 4.79 Å². The largest absolute Gasteiger partial charge is 0.338 e. The van der Waals surface area contributed by atoms with Crippen LogP contribution >= 0.6 is 11.3 Å². The molecule has 1 atom stereocenters. The van der Waals surface area contributed by atoms with E-state index in [0.29, 0.717) is 34.7 Å². The molecule has 1 amide bonds. The van der Waals surface area contributed by atoms with Gasteiger partial charge in [-0.15, -0.1) is 11.3 Å². The molecule has 0 aliphatic carbocycles. The lowest BCUT2D eigenvalue weighted by Gasteiger charge is -2.26. The molecule has 0 fully saturated rings. The fourth-order valence-corrected chi connectivity index (χ4v) is 3.69. The Balaban J connectivity index is 1.76. The summed E-state index contributed by atoms with van der Waals surface area (Å²) in [6.07, 6.45) is 5.97. The summed E-state index contributed by atoms with van der Waals surface area (Å²) < 4.78 is 0. The van der Waals surface area contributed by atoms with Gasteiger partial charge >= 0.3 is 0 Å². The van der Waals surface area contributed by atoms with Crippen LogP contribution in [0.1, 0.15) is 41.4 Å². The van der Waals surface area contributed by atoms with Crippen LogP contribution in [-0.2, 0) is 0 Å². The molecular weight excluding hydrogens is 344 g/mol. The highest BCUT2D eigenvalue weighted by atomic mass is 32.1. The first-order valence-corrected chi connectivity index (χ1v) is 9.62. The Morgan fingerprint density at radius 1 is 1.08 bits per heavy atom. The third kappa shape index (κ3) is 4.14. The van der Waals surface area contributed by atoms with Crippen LogP contribution in [0.15, 0.2) is 55.0 Å². The number of benzene rings is 1. The van der Waals surface area contributed by atoms with E-state index in [1.165, 1.54) is 16.9 Å². The predicted octanol–water partition coefficient (Wildman–Crippen LogP) is 4.26. The first-order valence-electron chi connectivity index (χ1n) is 8.80. The van der Waals surface area contributed by atoms with E-state index in [-0.39, 0.29) is 5.91 Å². The van der Waals surface area contributed by atoms with Gasteiger partial charge in [-0.25, -0.2) is 15.0 Å². The number of rotatable bonds is 7. The van der Waals surface area contributed by atoms with Crippen molar-refractivity contribution in [1.29, 1.82) is 0 Å². The molecule has 0 unspecified atom stereocenters. The predicted molar refractivity (Wildman–Crippen MR) is 104 cm³/mol. The topological polar surface area (TPSA) is 59.0 Å². The number of amides is 1. The third-order valence-electron chi connectivity index (χ3n) is 4.35. The van der Waals surface area contributed by atoms with Gasteiger partial charge in [-0.2, -0.15) is 0 Å². The molecule has 0 N–H and O–H groups in total. The molecule has 0 saturated carbocycles. The number of nitrogens with zero attached hydrogens (tertiary/aromatic N) is 4. The molecule has 2 heterocycles. The molecular formula is C20H22N4OS. The smallest absolute Gasteiger partial charge is 0.265 e. The molecule has 26 heavy (non-hydrogen) atoms. The lowest BCUT2D eigenvalue weighted by Crippen LogP contribution is -2.34. The summed E-state index contributed by atoms with van der Waals surface area (Å²) in [7, 11) is 0. The molecule has 1 aromatic carbocycles. The quantitative estimate of drug-likeness (QED) is 0.627. The van der Waals surface area contributed by atoms with Crippen LogP contribution in [0, 0.1) is 0 Å². The molecule has 0 saturated heterocycles. The maximum absolute atomic E-state index is 13.0. The zero-order valence-electron chi connectivity index (χ0n) is 15.0. The number of aromatic nitrogens is 3. The summed E-state index contributed by atoms with van der Waals surface area (Å²) in [5.41, 5.74) is 1.27. The Morgan fingerprint density at radius 3 is 2.46 bits per heavy atom. The first kappa shape index (κ1) is 18.2. The van der Waals surface area contributed by atoms with Gasteiger partial charge in [0.05, 0.1) is 6.20 Å². The molecule has 3 aromatic rings. The molecule has 6 heteroatoms. The van der Waals surface area contributed by atoms with E-state index in [9.17, 15) is 4.79 Å². The van der Waals surface area contributed by atoms with Crippen molar-refractivity contribution in [3.8, 4) is 10.8 Å². The summed E-state index contributed by atoms with van der Waals surface area (Å²) in [5.74, 6) is 0.891. The fourth-order valence-electron chi connectivity index (χ4n) is 2.86. The lowest BCUT2D eigenvalue weighted by atomic mass is 9.96. The highest BCUT2D eigenvalue weighted by Gasteiger charge is 2.21. The van der Waals surface area contributed by atoms with Crippen LogP contribution in [0.3, 0.4) is 0 Å². The van der Waals surface area contributed by atoms with Gasteiger partial charge < -0.3 is 4.90 Å². The summed E-state index contributed by atoms with van der Waals surface area (Å²) in [5, 5.41) is 0.667. The summed E-state index contributed by atoms with van der Waals surface area (Å²) in [4.78, 5) is 28.2. The highest BCUT2D eigenvalue weighted by molar-refractivity contribution is 7.16. The standard InChI is InChI=1S/C20H22N4OS/c1-3-15(16-9-6-5-7-10-16)14-24(4-2)20(25)17-13-23-19(26-17)18-21-11-8-12-22-18/h5-13,15H,3-4,14H2,1-2H3/t15-/m1/s1. The maximum atomic E-state index is 13.0. The molecule has 0 bridgehead atoms. The van der Waals surface area contributed by atoms with Crippen LogP contribution in [0.25, 0.3) is 10.8 Å². The monoisotopic (exact) mass is 366 g/mol. The fraction of sp³-hybridized carbons (Fsp3) is 0.300. The lowest BCUT2D eigenvalue weighted by molar-refractivity contribution is 0.0758. The van der Waals surface area contributed by atoms with Crippen LogP contribution in [0.4, 0.5) is 0 Å². The van der Waals surface area contributed by atoms with E-state index in [0.717, 1.165) is 6.42 Å². The van der Waals surface area contributed by atoms with Crippen molar-refractivity contribution in [1.82, 2.24) is 19.9 Å². The van der Waals surface area contributed by atoms with Crippen LogP contribution < -0.4 is 0 Å². The zero-order chi connectivity index (χ0) is 18.4. The molecule has 5 nitrogen and oxygen atoms in total. The van der Waals surface area contributed by atoms with Crippen molar-refractivity contribution in [3.05, 3.63) is 65.4 Å². The number of likely N-dealkylation sites (N-methyl/N-ethyl adjacent to an activating group) is 1. The first-order chi connectivity index (χ1) is 12.7. The average molecular weight is 366 g/mol. The van der Waals surface area contributed by atoms with Crippen molar-refractivity contribution in [3.63, 3.8) is 0 Å². The number of thiazole rings is 1. The van der Waals surface area contributed by atoms with Gasteiger partial charge in [-0.05, 0) is 25.0 Å². The molecule has 134 valence electrons. The minimum Gasteiger partial charge on any atom is -0.338 e. The van der Waals surface area contributed by atoms with E-state index >= 15 is 0 Å². The maximum Gasteiger partial charge on any atom is 0.265 e. The zero-order valence-corrected chi connectivity index (χ0v) is 15.8. The van der Waals surface area contributed by atoms with Gasteiger partial charge in [0.1, 0.15) is 4.88 Å². The molecule has 0 aliphatic rings. The number of hydrogen-bond acceptors (Lipinski definition) is 5. The summed E-state index contributed by atoms with van der Waals surface area (Å²) in [6, 6.07) is 12.1. The Labute approximate surface area is 157 Å². The number of hydrogen-bond donors (Lipinski definition) is 0. The SMILES string of the molecule is CC[C@H](CN(CC)C(=O)c1cnc(-c2ncccn2)s1)c1ccccc1. The van der Waals surface area contributed by atoms with E-state index in [4.69, 9.17) is 0 Å². The third-order valence-corrected chi connectivity index (χ3v) is 5.33. The highest BCUT2D eigenvalue weighted by Crippen LogP contribution is 2.25. The van der Waals surface area contributed by atoms with E-state index in [1.54, 1.807) is 24.7 Å². The second-order valence-corrected chi connectivity index (χ2v) is 6.99. The molecule has 3 rings (SSSR count). The average Bonchev–Trinajstić information content (AvgIpc) is 3.20. The van der Waals surface area contributed by atoms with E-state index < -0.39 is 0 Å². The van der Waals surface area contributed by atoms with Gasteiger partial charge in [0.25, 0.3) is 5.91 Å². The van der Waals surface area contributed by atoms with Crippen molar-refractivity contribution in [2.45, 2.75) is 26.2 Å². The van der Waals surface area contributed by atoms with Crippen LogP contribution in [0.5, 0.6) is 0 Å². The second kappa shape index (κ2) is 8.67. The Bertz CT molecular complexity index is 835.